The van der Waals surface area contributed by atoms with Crippen LogP contribution < -0.4 is 0 Å². The van der Waals surface area contributed by atoms with Gasteiger partial charge in [-0.2, -0.15) is 4.98 Å². The Morgan fingerprint density at radius 1 is 1.00 bits per heavy atom. The summed E-state index contributed by atoms with van der Waals surface area (Å²) in [7, 11) is 0. The molecule has 4 nitrogen and oxygen atoms in total. The molecular weight excluding hydrogens is 311 g/mol. The molecule has 0 unspecified atom stereocenters. The lowest BCUT2D eigenvalue weighted by atomic mass is 10.1. The summed E-state index contributed by atoms with van der Waals surface area (Å²) >= 11 is 12.2. The molecule has 1 aromatic heterocycles. The Morgan fingerprint density at radius 2 is 1.67 bits per heavy atom. The second kappa shape index (κ2) is 5.76. The maximum atomic E-state index is 9.26. The van der Waals surface area contributed by atoms with Gasteiger partial charge in [-0.3, -0.25) is 0 Å². The van der Waals surface area contributed by atoms with Gasteiger partial charge in [-0.05, 0) is 29.8 Å². The molecule has 0 aliphatic carbocycles. The average Bonchev–Trinajstić information content (AvgIpc) is 2.89. The molecule has 0 atom stereocenters. The van der Waals surface area contributed by atoms with Gasteiger partial charge in [0.05, 0.1) is 22.0 Å². The minimum absolute atomic E-state index is 0.216. The molecule has 0 spiro atoms. The van der Waals surface area contributed by atoms with Crippen LogP contribution >= 0.6 is 23.2 Å². The lowest BCUT2D eigenvalue weighted by Gasteiger charge is -2.00. The van der Waals surface area contributed by atoms with E-state index in [-0.39, 0.29) is 5.75 Å². The van der Waals surface area contributed by atoms with E-state index in [0.717, 1.165) is 5.56 Å². The number of aromatic nitrogens is 2. The van der Waals surface area contributed by atoms with E-state index in [0.29, 0.717) is 33.7 Å². The summed E-state index contributed by atoms with van der Waals surface area (Å²) in [6, 6.07) is 12.0. The lowest BCUT2D eigenvalue weighted by Crippen LogP contribution is -1.89. The molecule has 6 heteroatoms. The first-order valence-electron chi connectivity index (χ1n) is 6.18. The Kier molecular flexibility index (Phi) is 3.82. The molecule has 1 heterocycles. The zero-order valence-corrected chi connectivity index (χ0v) is 12.3. The third kappa shape index (κ3) is 3.01. The van der Waals surface area contributed by atoms with E-state index in [1.165, 1.54) is 0 Å². The summed E-state index contributed by atoms with van der Waals surface area (Å²) in [4.78, 5) is 4.31. The highest BCUT2D eigenvalue weighted by atomic mass is 35.5. The number of nitrogens with zero attached hydrogens (tertiary/aromatic N) is 2. The van der Waals surface area contributed by atoms with E-state index < -0.39 is 0 Å². The topological polar surface area (TPSA) is 59.2 Å². The fraction of sp³-hybridized carbons (Fsp3) is 0.0667. The predicted octanol–water partition coefficient (Wildman–Crippen LogP) is 4.34. The molecule has 0 aliphatic rings. The SMILES string of the molecule is Oc1ccc(Cc2nc(-c3c(Cl)cccc3Cl)no2)cc1. The number of hydrogen-bond acceptors (Lipinski definition) is 4. The number of hydrogen-bond donors (Lipinski definition) is 1. The van der Waals surface area contributed by atoms with Crippen LogP contribution in [0.4, 0.5) is 0 Å². The highest BCUT2D eigenvalue weighted by Gasteiger charge is 2.15. The van der Waals surface area contributed by atoms with E-state index in [9.17, 15) is 5.11 Å². The number of rotatable bonds is 3. The van der Waals surface area contributed by atoms with Gasteiger partial charge in [-0.15, -0.1) is 0 Å². The van der Waals surface area contributed by atoms with Gasteiger partial charge in [0.15, 0.2) is 0 Å². The van der Waals surface area contributed by atoms with Crippen molar-refractivity contribution < 1.29 is 9.63 Å². The molecule has 2 aromatic carbocycles. The van der Waals surface area contributed by atoms with Crippen molar-refractivity contribution in [2.45, 2.75) is 6.42 Å². The normalized spacial score (nSPS) is 10.8. The van der Waals surface area contributed by atoms with Crippen molar-refractivity contribution in [1.82, 2.24) is 10.1 Å². The van der Waals surface area contributed by atoms with Gasteiger partial charge in [0.25, 0.3) is 0 Å². The van der Waals surface area contributed by atoms with Crippen LogP contribution in [0.1, 0.15) is 11.5 Å². The van der Waals surface area contributed by atoms with E-state index in [1.807, 2.05) is 0 Å². The molecule has 21 heavy (non-hydrogen) atoms. The van der Waals surface area contributed by atoms with Crippen molar-refractivity contribution in [3.8, 4) is 17.1 Å². The van der Waals surface area contributed by atoms with Crippen molar-refractivity contribution in [3.63, 3.8) is 0 Å². The van der Waals surface area contributed by atoms with Crippen LogP contribution in [0.3, 0.4) is 0 Å². The minimum Gasteiger partial charge on any atom is -0.508 e. The van der Waals surface area contributed by atoms with E-state index in [2.05, 4.69) is 10.1 Å². The molecule has 0 amide bonds. The molecule has 0 radical (unpaired) electrons. The Bertz CT molecular complexity index is 749. The van der Waals surface area contributed by atoms with Crippen LogP contribution in [0.25, 0.3) is 11.4 Å². The number of phenolic OH excluding ortho intramolecular Hbond substituents is 1. The molecule has 0 bridgehead atoms. The molecule has 0 saturated carbocycles. The van der Waals surface area contributed by atoms with Crippen LogP contribution in [0.5, 0.6) is 5.75 Å². The van der Waals surface area contributed by atoms with Crippen LogP contribution in [-0.2, 0) is 6.42 Å². The maximum absolute atomic E-state index is 9.26. The number of halogens is 2. The second-order valence-electron chi connectivity index (χ2n) is 4.45. The van der Waals surface area contributed by atoms with Crippen LogP contribution in [-0.4, -0.2) is 15.2 Å². The number of benzene rings is 2. The zero-order chi connectivity index (χ0) is 14.8. The summed E-state index contributed by atoms with van der Waals surface area (Å²) < 4.78 is 5.22. The first-order valence-corrected chi connectivity index (χ1v) is 6.94. The smallest absolute Gasteiger partial charge is 0.231 e. The molecule has 0 saturated heterocycles. The van der Waals surface area contributed by atoms with Gasteiger partial charge in [-0.1, -0.05) is 46.6 Å². The number of phenols is 1. The molecule has 3 aromatic rings. The molecule has 0 fully saturated rings. The quantitative estimate of drug-likeness (QED) is 0.779. The summed E-state index contributed by atoms with van der Waals surface area (Å²) in [5, 5.41) is 14.1. The van der Waals surface area contributed by atoms with E-state index >= 15 is 0 Å². The van der Waals surface area contributed by atoms with Gasteiger partial charge in [0.2, 0.25) is 11.7 Å². The minimum atomic E-state index is 0.216. The van der Waals surface area contributed by atoms with Crippen molar-refractivity contribution >= 4 is 23.2 Å². The van der Waals surface area contributed by atoms with Crippen molar-refractivity contribution in [2.75, 3.05) is 0 Å². The zero-order valence-electron chi connectivity index (χ0n) is 10.8. The molecule has 1 N–H and O–H groups in total. The fourth-order valence-electron chi connectivity index (χ4n) is 1.93. The fourth-order valence-corrected chi connectivity index (χ4v) is 2.49. The van der Waals surface area contributed by atoms with Crippen LogP contribution in [0.2, 0.25) is 10.0 Å². The Balaban J connectivity index is 1.88. The maximum Gasteiger partial charge on any atom is 0.231 e. The summed E-state index contributed by atoms with van der Waals surface area (Å²) in [6.07, 6.45) is 0.468. The standard InChI is InChI=1S/C15H10Cl2N2O2/c16-11-2-1-3-12(17)14(11)15-18-13(21-19-15)8-9-4-6-10(20)7-5-9/h1-7,20H,8H2. The molecule has 3 rings (SSSR count). The highest BCUT2D eigenvalue weighted by Crippen LogP contribution is 2.32. The molecule has 106 valence electrons. The molecule has 0 aliphatic heterocycles. The second-order valence-corrected chi connectivity index (χ2v) is 5.27. The summed E-state index contributed by atoms with van der Waals surface area (Å²) in [6.45, 7) is 0. The van der Waals surface area contributed by atoms with Crippen molar-refractivity contribution in [3.05, 3.63) is 64.0 Å². The summed E-state index contributed by atoms with van der Waals surface area (Å²) in [5.74, 6) is 1.03. The van der Waals surface area contributed by atoms with Crippen molar-refractivity contribution in [1.29, 1.82) is 0 Å². The molecular formula is C15H10Cl2N2O2. The first-order chi connectivity index (χ1) is 10.1. The highest BCUT2D eigenvalue weighted by molar-refractivity contribution is 6.38. The third-order valence-electron chi connectivity index (χ3n) is 2.95. The largest absolute Gasteiger partial charge is 0.508 e. The van der Waals surface area contributed by atoms with E-state index in [1.54, 1.807) is 42.5 Å². The van der Waals surface area contributed by atoms with Gasteiger partial charge in [-0.25, -0.2) is 0 Å². The van der Waals surface area contributed by atoms with Gasteiger partial charge < -0.3 is 9.63 Å². The Morgan fingerprint density at radius 3 is 2.33 bits per heavy atom. The summed E-state index contributed by atoms with van der Waals surface area (Å²) in [5.41, 5.74) is 1.51. The average molecular weight is 321 g/mol. The predicted molar refractivity (Wildman–Crippen MR) is 80.7 cm³/mol. The lowest BCUT2D eigenvalue weighted by molar-refractivity contribution is 0.385. The monoisotopic (exact) mass is 320 g/mol. The Labute approximate surface area is 130 Å². The van der Waals surface area contributed by atoms with E-state index in [4.69, 9.17) is 27.7 Å². The van der Waals surface area contributed by atoms with Crippen molar-refractivity contribution in [2.24, 2.45) is 0 Å². The van der Waals surface area contributed by atoms with Gasteiger partial charge in [0.1, 0.15) is 5.75 Å². The van der Waals surface area contributed by atoms with Gasteiger partial charge >= 0.3 is 0 Å². The van der Waals surface area contributed by atoms with Crippen LogP contribution in [0.15, 0.2) is 47.0 Å². The van der Waals surface area contributed by atoms with Gasteiger partial charge in [0, 0.05) is 0 Å². The third-order valence-corrected chi connectivity index (χ3v) is 3.58. The number of aromatic hydroxyl groups is 1. The van der Waals surface area contributed by atoms with Crippen LogP contribution in [0, 0.1) is 0 Å². The Hall–Kier alpha value is -2.04. The first kappa shape index (κ1) is 13.9.